The van der Waals surface area contributed by atoms with E-state index in [-0.39, 0.29) is 17.4 Å². The van der Waals surface area contributed by atoms with Crippen molar-refractivity contribution in [1.82, 2.24) is 14.9 Å². The Morgan fingerprint density at radius 2 is 2.16 bits per heavy atom. The van der Waals surface area contributed by atoms with Crippen LogP contribution >= 0.6 is 11.6 Å². The summed E-state index contributed by atoms with van der Waals surface area (Å²) in [5.74, 6) is 0.839. The fourth-order valence-electron chi connectivity index (χ4n) is 2.85. The number of hydrogen-bond donors (Lipinski definition) is 0. The Kier molecular flexibility index (Phi) is 6.49. The number of unbranched alkanes of at least 4 members (excludes halogenated alkanes) is 1. The predicted octanol–water partition coefficient (Wildman–Crippen LogP) is 3.92. The van der Waals surface area contributed by atoms with Gasteiger partial charge in [0, 0.05) is 31.9 Å². The molecule has 1 fully saturated rings. The summed E-state index contributed by atoms with van der Waals surface area (Å²) in [6, 6.07) is 2.11. The first kappa shape index (κ1) is 19.8. The van der Waals surface area contributed by atoms with Crippen molar-refractivity contribution < 1.29 is 9.53 Å². The molecule has 1 aromatic rings. The Balaban J connectivity index is 2.02. The minimum atomic E-state index is -0.488. The summed E-state index contributed by atoms with van der Waals surface area (Å²) in [5, 5.41) is 0.285. The van der Waals surface area contributed by atoms with E-state index in [2.05, 4.69) is 21.8 Å². The predicted molar refractivity (Wildman–Crippen MR) is 100 cm³/mol. The van der Waals surface area contributed by atoms with E-state index in [0.717, 1.165) is 50.3 Å². The third-order valence-electron chi connectivity index (χ3n) is 4.24. The molecule has 1 aliphatic heterocycles. The molecule has 0 aromatic carbocycles. The Bertz CT molecular complexity index is 603. The maximum Gasteiger partial charge on any atom is 0.410 e. The topological polar surface area (TPSA) is 58.6 Å². The molecule has 25 heavy (non-hydrogen) atoms. The molecule has 6 nitrogen and oxygen atoms in total. The Hall–Kier alpha value is -1.56. The summed E-state index contributed by atoms with van der Waals surface area (Å²) in [5.41, 5.74) is 0.485. The lowest BCUT2D eigenvalue weighted by molar-refractivity contribution is 0.0238. The van der Waals surface area contributed by atoms with E-state index >= 15 is 0 Å². The highest BCUT2D eigenvalue weighted by Crippen LogP contribution is 2.24. The van der Waals surface area contributed by atoms with Crippen molar-refractivity contribution in [2.75, 3.05) is 25.0 Å². The van der Waals surface area contributed by atoms with Crippen molar-refractivity contribution in [3.63, 3.8) is 0 Å². The molecule has 2 rings (SSSR count). The molecule has 0 saturated carbocycles. The monoisotopic (exact) mass is 368 g/mol. The molecule has 2 heterocycles. The highest BCUT2D eigenvalue weighted by molar-refractivity contribution is 6.28. The third-order valence-corrected chi connectivity index (χ3v) is 4.41. The van der Waals surface area contributed by atoms with Crippen LogP contribution < -0.4 is 4.90 Å². The largest absolute Gasteiger partial charge is 0.444 e. The number of carbonyl (C=O) groups is 1. The van der Waals surface area contributed by atoms with Gasteiger partial charge in [-0.1, -0.05) is 13.3 Å². The molecule has 1 atom stereocenters. The summed E-state index contributed by atoms with van der Waals surface area (Å²) in [7, 11) is 1.79. The lowest BCUT2D eigenvalue weighted by atomic mass is 10.2. The van der Waals surface area contributed by atoms with E-state index < -0.39 is 5.60 Å². The first-order chi connectivity index (χ1) is 11.7. The van der Waals surface area contributed by atoms with Gasteiger partial charge in [0.1, 0.15) is 11.4 Å². The van der Waals surface area contributed by atoms with Crippen molar-refractivity contribution >= 4 is 23.5 Å². The number of anilines is 1. The zero-order chi connectivity index (χ0) is 18.6. The molecule has 0 aliphatic carbocycles. The molecule has 0 unspecified atom stereocenters. The third kappa shape index (κ3) is 5.73. The average molecular weight is 369 g/mol. The summed E-state index contributed by atoms with van der Waals surface area (Å²) in [4.78, 5) is 24.8. The van der Waals surface area contributed by atoms with E-state index in [9.17, 15) is 4.79 Å². The second-order valence-electron chi connectivity index (χ2n) is 7.57. The number of hydrogen-bond acceptors (Lipinski definition) is 5. The number of likely N-dealkylation sites (N-methyl/N-ethyl adjacent to an activating group) is 1. The first-order valence-electron chi connectivity index (χ1n) is 8.94. The second kappa shape index (κ2) is 8.21. The molecular formula is C18H29ClN4O2. The van der Waals surface area contributed by atoms with Crippen LogP contribution in [0, 0.1) is 0 Å². The fourth-order valence-corrected chi connectivity index (χ4v) is 3.04. The van der Waals surface area contributed by atoms with Gasteiger partial charge in [0.15, 0.2) is 0 Å². The van der Waals surface area contributed by atoms with Crippen LogP contribution in [0.2, 0.25) is 5.28 Å². The van der Waals surface area contributed by atoms with E-state index in [1.54, 1.807) is 11.9 Å². The quantitative estimate of drug-likeness (QED) is 0.737. The maximum absolute atomic E-state index is 12.3. The number of ether oxygens (including phenoxy) is 1. The van der Waals surface area contributed by atoms with Crippen molar-refractivity contribution in [1.29, 1.82) is 0 Å². The number of nitrogens with zero attached hydrogens (tertiary/aromatic N) is 4. The molecule has 1 saturated heterocycles. The number of aromatic nitrogens is 2. The maximum atomic E-state index is 12.3. The molecule has 140 valence electrons. The molecule has 0 bridgehead atoms. The average Bonchev–Trinajstić information content (AvgIpc) is 3.00. The number of halogens is 1. The van der Waals surface area contributed by atoms with Crippen LogP contribution in [0.3, 0.4) is 0 Å². The van der Waals surface area contributed by atoms with E-state index in [1.165, 1.54) is 0 Å². The Labute approximate surface area is 155 Å². The molecule has 0 radical (unpaired) electrons. The minimum absolute atomic E-state index is 0.0997. The number of carbonyl (C=O) groups excluding carboxylic acids is 1. The number of amides is 1. The standard InChI is InChI=1S/C18H29ClN4O2/c1-6-7-8-13-11-15(21-16(19)20-13)23-10-9-14(12-23)22(5)17(24)25-18(2,3)4/h11,14H,6-10,12H2,1-5H3/t14-/m0/s1. The van der Waals surface area contributed by atoms with Crippen LogP contribution in [0.5, 0.6) is 0 Å². The molecule has 1 aliphatic rings. The molecule has 0 N–H and O–H groups in total. The van der Waals surface area contributed by atoms with Gasteiger partial charge in [-0.3, -0.25) is 0 Å². The normalized spacial score (nSPS) is 17.7. The van der Waals surface area contributed by atoms with Gasteiger partial charge in [0.2, 0.25) is 5.28 Å². The zero-order valence-electron chi connectivity index (χ0n) is 15.9. The highest BCUT2D eigenvalue weighted by Gasteiger charge is 2.31. The minimum Gasteiger partial charge on any atom is -0.444 e. The van der Waals surface area contributed by atoms with Gasteiger partial charge >= 0.3 is 6.09 Å². The van der Waals surface area contributed by atoms with Crippen LogP contribution in [0.25, 0.3) is 0 Å². The summed E-state index contributed by atoms with van der Waals surface area (Å²) in [6.07, 6.45) is 3.69. The summed E-state index contributed by atoms with van der Waals surface area (Å²) in [6.45, 7) is 9.33. The molecular weight excluding hydrogens is 340 g/mol. The van der Waals surface area contributed by atoms with E-state index in [1.807, 2.05) is 26.8 Å². The molecule has 0 spiro atoms. The molecule has 1 aromatic heterocycles. The lowest BCUT2D eigenvalue weighted by Crippen LogP contribution is -2.42. The van der Waals surface area contributed by atoms with Crippen LogP contribution in [0.15, 0.2) is 6.07 Å². The van der Waals surface area contributed by atoms with Crippen molar-refractivity contribution in [2.45, 2.75) is 65.0 Å². The highest BCUT2D eigenvalue weighted by atomic mass is 35.5. The lowest BCUT2D eigenvalue weighted by Gasteiger charge is -2.28. The van der Waals surface area contributed by atoms with E-state index in [0.29, 0.717) is 0 Å². The first-order valence-corrected chi connectivity index (χ1v) is 9.31. The zero-order valence-corrected chi connectivity index (χ0v) is 16.6. The van der Waals surface area contributed by atoms with Gasteiger partial charge in [-0.05, 0) is 51.6 Å². The van der Waals surface area contributed by atoms with Gasteiger partial charge in [-0.25, -0.2) is 14.8 Å². The van der Waals surface area contributed by atoms with Crippen LogP contribution in [-0.4, -0.2) is 52.7 Å². The smallest absolute Gasteiger partial charge is 0.410 e. The second-order valence-corrected chi connectivity index (χ2v) is 7.91. The summed E-state index contributed by atoms with van der Waals surface area (Å²) >= 11 is 6.10. The van der Waals surface area contributed by atoms with Crippen molar-refractivity contribution in [3.05, 3.63) is 17.0 Å². The fraction of sp³-hybridized carbons (Fsp3) is 0.722. The van der Waals surface area contributed by atoms with Gasteiger partial charge < -0.3 is 14.5 Å². The van der Waals surface area contributed by atoms with Crippen molar-refractivity contribution in [2.24, 2.45) is 0 Å². The van der Waals surface area contributed by atoms with Gasteiger partial charge in [0.05, 0.1) is 6.04 Å². The van der Waals surface area contributed by atoms with E-state index in [4.69, 9.17) is 16.3 Å². The van der Waals surface area contributed by atoms with Crippen LogP contribution in [0.4, 0.5) is 10.6 Å². The number of aryl methyl sites for hydroxylation is 1. The van der Waals surface area contributed by atoms with Gasteiger partial charge in [0.25, 0.3) is 0 Å². The Morgan fingerprint density at radius 3 is 2.80 bits per heavy atom. The van der Waals surface area contributed by atoms with Gasteiger partial charge in [-0.2, -0.15) is 0 Å². The van der Waals surface area contributed by atoms with Crippen molar-refractivity contribution in [3.8, 4) is 0 Å². The van der Waals surface area contributed by atoms with Crippen LogP contribution in [0.1, 0.15) is 52.7 Å². The Morgan fingerprint density at radius 1 is 1.44 bits per heavy atom. The summed E-state index contributed by atoms with van der Waals surface area (Å²) < 4.78 is 5.46. The van der Waals surface area contributed by atoms with Crippen LogP contribution in [-0.2, 0) is 11.2 Å². The number of rotatable bonds is 5. The molecule has 1 amide bonds. The molecule has 7 heteroatoms. The SMILES string of the molecule is CCCCc1cc(N2CC[C@H](N(C)C(=O)OC(C)(C)C)C2)nc(Cl)n1. The van der Waals surface area contributed by atoms with Gasteiger partial charge in [-0.15, -0.1) is 0 Å².